The molecule has 1 saturated heterocycles. The summed E-state index contributed by atoms with van der Waals surface area (Å²) >= 11 is 0. The molecule has 0 spiro atoms. The lowest BCUT2D eigenvalue weighted by Crippen LogP contribution is -2.38. The zero-order chi connectivity index (χ0) is 19.3. The number of fused-ring (bicyclic) bond motifs is 1. The average molecular weight is 422 g/mol. The Kier molecular flexibility index (Phi) is 7.46. The minimum absolute atomic E-state index is 0. The second-order valence-corrected chi connectivity index (χ2v) is 7.23. The Morgan fingerprint density at radius 1 is 1.14 bits per heavy atom. The number of rotatable bonds is 6. The molecule has 8 nitrogen and oxygen atoms in total. The molecule has 2 aromatic rings. The Bertz CT molecular complexity index is 803. The number of amides is 1. The van der Waals surface area contributed by atoms with E-state index in [1.54, 1.807) is 7.11 Å². The Morgan fingerprint density at radius 3 is 2.62 bits per heavy atom. The van der Waals surface area contributed by atoms with Gasteiger partial charge in [-0.1, -0.05) is 0 Å². The lowest BCUT2D eigenvalue weighted by Gasteiger charge is -2.32. The second-order valence-electron chi connectivity index (χ2n) is 7.23. The van der Waals surface area contributed by atoms with Crippen LogP contribution in [0.15, 0.2) is 24.3 Å². The summed E-state index contributed by atoms with van der Waals surface area (Å²) < 4.78 is 12.8. The summed E-state index contributed by atoms with van der Waals surface area (Å²) in [6, 6.07) is 7.34. The van der Waals surface area contributed by atoms with E-state index in [4.69, 9.17) is 9.47 Å². The Balaban J connectivity index is 0.00000240. The van der Waals surface area contributed by atoms with Crippen molar-refractivity contribution in [2.24, 2.45) is 0 Å². The Hall–Kier alpha value is -2.16. The molecule has 0 bridgehead atoms. The highest BCUT2D eigenvalue weighted by Crippen LogP contribution is 2.28. The van der Waals surface area contributed by atoms with Crippen LogP contribution in [0, 0.1) is 0 Å². The molecule has 29 heavy (non-hydrogen) atoms. The van der Waals surface area contributed by atoms with Gasteiger partial charge in [-0.15, -0.1) is 22.6 Å². The van der Waals surface area contributed by atoms with Crippen molar-refractivity contribution in [1.82, 2.24) is 25.0 Å². The fourth-order valence-electron chi connectivity index (χ4n) is 3.88. The molecule has 0 atom stereocenters. The van der Waals surface area contributed by atoms with E-state index in [-0.39, 0.29) is 18.3 Å². The third kappa shape index (κ3) is 4.88. The van der Waals surface area contributed by atoms with Gasteiger partial charge in [0, 0.05) is 44.8 Å². The molecule has 0 aliphatic carbocycles. The highest BCUT2D eigenvalue weighted by molar-refractivity contribution is 5.94. The molecule has 2 aliphatic rings. The first-order valence-electron chi connectivity index (χ1n) is 9.90. The summed E-state index contributed by atoms with van der Waals surface area (Å²) in [7, 11) is 1.64. The second kappa shape index (κ2) is 10.0. The van der Waals surface area contributed by atoms with Crippen molar-refractivity contribution in [2.45, 2.75) is 31.8 Å². The van der Waals surface area contributed by atoms with Crippen LogP contribution in [0.4, 0.5) is 0 Å². The molecule has 9 heteroatoms. The minimum atomic E-state index is 0. The molecule has 1 aromatic heterocycles. The SMILES string of the molecule is COCCOc1ccc(C(=O)N2CCC(c3nnc4n3CCNC4)CC2)cc1.Cl. The lowest BCUT2D eigenvalue weighted by atomic mass is 9.95. The summed E-state index contributed by atoms with van der Waals surface area (Å²) in [4.78, 5) is 14.8. The molecule has 1 fully saturated rings. The number of hydrogen-bond donors (Lipinski definition) is 1. The number of halogens is 1. The van der Waals surface area contributed by atoms with Crippen molar-refractivity contribution in [2.75, 3.05) is 40.0 Å². The molecule has 0 unspecified atom stereocenters. The van der Waals surface area contributed by atoms with E-state index in [2.05, 4.69) is 20.1 Å². The van der Waals surface area contributed by atoms with Crippen LogP contribution in [0.5, 0.6) is 5.75 Å². The fraction of sp³-hybridized carbons (Fsp3) is 0.550. The highest BCUT2D eigenvalue weighted by Gasteiger charge is 2.29. The maximum Gasteiger partial charge on any atom is 0.253 e. The lowest BCUT2D eigenvalue weighted by molar-refractivity contribution is 0.0710. The number of methoxy groups -OCH3 is 1. The van der Waals surface area contributed by atoms with Gasteiger partial charge in [-0.05, 0) is 37.1 Å². The summed E-state index contributed by atoms with van der Waals surface area (Å²) in [5.41, 5.74) is 0.698. The third-order valence-corrected chi connectivity index (χ3v) is 5.46. The molecule has 4 rings (SSSR count). The van der Waals surface area contributed by atoms with Crippen LogP contribution in [0.3, 0.4) is 0 Å². The van der Waals surface area contributed by atoms with E-state index in [0.29, 0.717) is 24.7 Å². The monoisotopic (exact) mass is 421 g/mol. The quantitative estimate of drug-likeness (QED) is 0.717. The van der Waals surface area contributed by atoms with Gasteiger partial charge in [0.15, 0.2) is 0 Å². The van der Waals surface area contributed by atoms with E-state index >= 15 is 0 Å². The number of carbonyl (C=O) groups is 1. The van der Waals surface area contributed by atoms with E-state index in [1.807, 2.05) is 29.2 Å². The van der Waals surface area contributed by atoms with E-state index in [1.165, 1.54) is 0 Å². The molecule has 0 saturated carbocycles. The van der Waals surface area contributed by atoms with Crippen molar-refractivity contribution >= 4 is 18.3 Å². The van der Waals surface area contributed by atoms with Gasteiger partial charge in [0.2, 0.25) is 0 Å². The number of hydrogen-bond acceptors (Lipinski definition) is 6. The van der Waals surface area contributed by atoms with Crippen molar-refractivity contribution in [3.63, 3.8) is 0 Å². The van der Waals surface area contributed by atoms with Gasteiger partial charge >= 0.3 is 0 Å². The summed E-state index contributed by atoms with van der Waals surface area (Å²) in [5, 5.41) is 12.1. The summed E-state index contributed by atoms with van der Waals surface area (Å²) in [6.07, 6.45) is 1.85. The molecular formula is C20H28ClN5O3. The first kappa shape index (κ1) is 21.5. The first-order valence-corrected chi connectivity index (χ1v) is 9.90. The molecule has 3 heterocycles. The van der Waals surface area contributed by atoms with Gasteiger partial charge in [0.25, 0.3) is 5.91 Å². The van der Waals surface area contributed by atoms with Crippen molar-refractivity contribution in [3.8, 4) is 5.75 Å². The van der Waals surface area contributed by atoms with Gasteiger partial charge in [0.05, 0.1) is 13.2 Å². The smallest absolute Gasteiger partial charge is 0.253 e. The Labute approximate surface area is 177 Å². The number of carbonyl (C=O) groups excluding carboxylic acids is 1. The molecule has 1 aromatic carbocycles. The number of benzene rings is 1. The van der Waals surface area contributed by atoms with Crippen LogP contribution in [0.1, 0.15) is 40.8 Å². The number of nitrogens with one attached hydrogen (secondary N) is 1. The molecule has 1 N–H and O–H groups in total. The van der Waals surface area contributed by atoms with E-state index in [0.717, 1.165) is 63.0 Å². The predicted octanol–water partition coefficient (Wildman–Crippen LogP) is 1.85. The molecular weight excluding hydrogens is 394 g/mol. The van der Waals surface area contributed by atoms with Crippen molar-refractivity contribution < 1.29 is 14.3 Å². The van der Waals surface area contributed by atoms with E-state index in [9.17, 15) is 4.79 Å². The normalized spacial score (nSPS) is 16.8. The molecule has 0 radical (unpaired) electrons. The van der Waals surface area contributed by atoms with Crippen LogP contribution in [-0.4, -0.2) is 65.5 Å². The van der Waals surface area contributed by atoms with Gasteiger partial charge in [-0.2, -0.15) is 0 Å². The zero-order valence-electron chi connectivity index (χ0n) is 16.7. The number of ether oxygens (including phenoxy) is 2. The van der Waals surface area contributed by atoms with Crippen LogP contribution in [-0.2, 0) is 17.8 Å². The van der Waals surface area contributed by atoms with Gasteiger partial charge in [-0.25, -0.2) is 0 Å². The van der Waals surface area contributed by atoms with Crippen LogP contribution >= 0.6 is 12.4 Å². The van der Waals surface area contributed by atoms with Gasteiger partial charge in [-0.3, -0.25) is 4.79 Å². The average Bonchev–Trinajstić information content (AvgIpc) is 3.18. The topological polar surface area (TPSA) is 81.5 Å². The maximum atomic E-state index is 12.8. The van der Waals surface area contributed by atoms with Crippen molar-refractivity contribution in [1.29, 1.82) is 0 Å². The van der Waals surface area contributed by atoms with Gasteiger partial charge in [0.1, 0.15) is 24.0 Å². The van der Waals surface area contributed by atoms with Crippen LogP contribution in [0.2, 0.25) is 0 Å². The summed E-state index contributed by atoms with van der Waals surface area (Å²) in [5.74, 6) is 3.31. The minimum Gasteiger partial charge on any atom is -0.491 e. The highest BCUT2D eigenvalue weighted by atomic mass is 35.5. The van der Waals surface area contributed by atoms with Crippen LogP contribution in [0.25, 0.3) is 0 Å². The van der Waals surface area contributed by atoms with Crippen molar-refractivity contribution in [3.05, 3.63) is 41.5 Å². The molecule has 158 valence electrons. The number of aromatic nitrogens is 3. The standard InChI is InChI=1S/C20H27N5O3.ClH/c1-27-12-13-28-17-4-2-16(3-5-17)20(26)24-9-6-15(7-10-24)19-23-22-18-14-21-8-11-25(18)19;/h2-5,15,21H,6-14H2,1H3;1H. The van der Waals surface area contributed by atoms with Gasteiger partial charge < -0.3 is 24.3 Å². The Morgan fingerprint density at radius 2 is 1.90 bits per heavy atom. The predicted molar refractivity (Wildman–Crippen MR) is 111 cm³/mol. The molecule has 2 aliphatic heterocycles. The number of piperidine rings is 1. The third-order valence-electron chi connectivity index (χ3n) is 5.46. The van der Waals surface area contributed by atoms with Crippen LogP contribution < -0.4 is 10.1 Å². The molecule has 1 amide bonds. The number of likely N-dealkylation sites (tertiary alicyclic amines) is 1. The zero-order valence-corrected chi connectivity index (χ0v) is 17.5. The fourth-order valence-corrected chi connectivity index (χ4v) is 3.88. The maximum absolute atomic E-state index is 12.8. The largest absolute Gasteiger partial charge is 0.491 e. The number of nitrogens with zero attached hydrogens (tertiary/aromatic N) is 4. The van der Waals surface area contributed by atoms with E-state index < -0.39 is 0 Å². The first-order chi connectivity index (χ1) is 13.8. The summed E-state index contributed by atoms with van der Waals surface area (Å²) in [6.45, 7) is 5.21.